The van der Waals surface area contributed by atoms with Crippen molar-refractivity contribution in [3.8, 4) is 0 Å². The zero-order valence-corrected chi connectivity index (χ0v) is 19.4. The summed E-state index contributed by atoms with van der Waals surface area (Å²) >= 11 is 0. The van der Waals surface area contributed by atoms with Crippen LogP contribution in [0.3, 0.4) is 0 Å². The molecule has 2 fully saturated rings. The molecule has 0 unspecified atom stereocenters. The number of carbonyl (C=O) groups excluding carboxylic acids is 2. The second kappa shape index (κ2) is 8.94. The van der Waals surface area contributed by atoms with Gasteiger partial charge in [-0.25, -0.2) is 9.50 Å². The first-order valence-electron chi connectivity index (χ1n) is 12.2. The Hall–Kier alpha value is -3.50. The second-order valence-electron chi connectivity index (χ2n) is 9.42. The molecular formula is C25H28N6O4. The quantitative estimate of drug-likeness (QED) is 0.593. The molecule has 0 radical (unpaired) electrons. The zero-order valence-electron chi connectivity index (χ0n) is 19.4. The van der Waals surface area contributed by atoms with Crippen molar-refractivity contribution in [1.29, 1.82) is 0 Å². The molecule has 0 atom stereocenters. The van der Waals surface area contributed by atoms with E-state index in [1.54, 1.807) is 23.0 Å². The van der Waals surface area contributed by atoms with Gasteiger partial charge in [0.15, 0.2) is 5.65 Å². The van der Waals surface area contributed by atoms with Gasteiger partial charge in [0.2, 0.25) is 0 Å². The first-order chi connectivity index (χ1) is 17.1. The van der Waals surface area contributed by atoms with Gasteiger partial charge in [0.1, 0.15) is 5.56 Å². The van der Waals surface area contributed by atoms with Crippen molar-refractivity contribution in [2.45, 2.75) is 44.4 Å². The van der Waals surface area contributed by atoms with E-state index in [9.17, 15) is 14.7 Å². The van der Waals surface area contributed by atoms with E-state index >= 15 is 0 Å². The number of aromatic nitrogens is 3. The molecule has 10 heteroatoms. The number of nitrogens with one attached hydrogen (secondary N) is 1. The lowest BCUT2D eigenvalue weighted by molar-refractivity contribution is 0.0519. The molecule has 0 spiro atoms. The van der Waals surface area contributed by atoms with Gasteiger partial charge in [-0.05, 0) is 49.4 Å². The summed E-state index contributed by atoms with van der Waals surface area (Å²) in [5, 5.41) is 17.2. The summed E-state index contributed by atoms with van der Waals surface area (Å²) in [5.41, 5.74) is 3.95. The van der Waals surface area contributed by atoms with Gasteiger partial charge in [-0.2, -0.15) is 5.10 Å². The van der Waals surface area contributed by atoms with E-state index < -0.39 is 0 Å². The lowest BCUT2D eigenvalue weighted by atomic mass is 9.92. The van der Waals surface area contributed by atoms with Gasteiger partial charge in [-0.3, -0.25) is 9.59 Å². The number of amides is 2. The number of aliphatic hydroxyl groups is 1. The van der Waals surface area contributed by atoms with E-state index in [-0.39, 0.29) is 24.0 Å². The average molecular weight is 477 g/mol. The number of benzene rings is 1. The Kier molecular flexibility index (Phi) is 5.62. The molecule has 6 rings (SSSR count). The third kappa shape index (κ3) is 4.02. The van der Waals surface area contributed by atoms with Crippen LogP contribution in [0.1, 0.15) is 52.0 Å². The van der Waals surface area contributed by atoms with Crippen molar-refractivity contribution in [3.63, 3.8) is 0 Å². The van der Waals surface area contributed by atoms with E-state index in [2.05, 4.69) is 20.3 Å². The molecule has 2 amide bonds. The molecule has 1 aromatic carbocycles. The summed E-state index contributed by atoms with van der Waals surface area (Å²) in [6, 6.07) is 5.75. The lowest BCUT2D eigenvalue weighted by Gasteiger charge is -2.32. The number of anilines is 2. The summed E-state index contributed by atoms with van der Waals surface area (Å²) in [6.07, 6.45) is 7.69. The molecule has 182 valence electrons. The minimum atomic E-state index is -0.296. The van der Waals surface area contributed by atoms with Gasteiger partial charge >= 0.3 is 0 Å². The van der Waals surface area contributed by atoms with Crippen LogP contribution < -0.4 is 10.2 Å². The molecule has 2 aliphatic heterocycles. The molecule has 2 N–H and O–H groups in total. The van der Waals surface area contributed by atoms with E-state index in [1.807, 2.05) is 17.0 Å². The SMILES string of the molecule is O=C(Nc1cc2c(cc1N1CCOCC1)C(=O)N([C@H]1CC[C@H](O)CC1)C2)c1cnn2cccnc12. The monoisotopic (exact) mass is 476 g/mol. The van der Waals surface area contributed by atoms with Crippen LogP contribution in [-0.2, 0) is 11.3 Å². The molecule has 4 heterocycles. The summed E-state index contributed by atoms with van der Waals surface area (Å²) in [7, 11) is 0. The minimum absolute atomic E-state index is 0.0283. The Morgan fingerprint density at radius 2 is 1.94 bits per heavy atom. The fourth-order valence-electron chi connectivity index (χ4n) is 5.38. The molecule has 35 heavy (non-hydrogen) atoms. The lowest BCUT2D eigenvalue weighted by Crippen LogP contribution is -2.39. The van der Waals surface area contributed by atoms with Crippen LogP contribution in [0, 0.1) is 0 Å². The largest absolute Gasteiger partial charge is 0.393 e. The maximum atomic E-state index is 13.4. The van der Waals surface area contributed by atoms with Crippen molar-refractivity contribution >= 4 is 28.8 Å². The molecule has 10 nitrogen and oxygen atoms in total. The Labute approximate surface area is 202 Å². The molecule has 3 aromatic rings. The second-order valence-corrected chi connectivity index (χ2v) is 9.42. The molecule has 1 saturated carbocycles. The van der Waals surface area contributed by atoms with Gasteiger partial charge in [0, 0.05) is 43.6 Å². The van der Waals surface area contributed by atoms with Crippen LogP contribution in [0.5, 0.6) is 0 Å². The molecular weight excluding hydrogens is 448 g/mol. The topological polar surface area (TPSA) is 112 Å². The van der Waals surface area contributed by atoms with Crippen molar-refractivity contribution in [2.24, 2.45) is 0 Å². The predicted octanol–water partition coefficient (Wildman–Crippen LogP) is 2.08. The van der Waals surface area contributed by atoms with Crippen molar-refractivity contribution in [2.75, 3.05) is 36.5 Å². The fraction of sp³-hybridized carbons (Fsp3) is 0.440. The Bertz CT molecular complexity index is 1280. The highest BCUT2D eigenvalue weighted by Gasteiger charge is 2.36. The van der Waals surface area contributed by atoms with E-state index in [1.165, 1.54) is 6.20 Å². The highest BCUT2D eigenvalue weighted by atomic mass is 16.5. The average Bonchev–Trinajstić information content (AvgIpc) is 3.46. The molecule has 1 aliphatic carbocycles. The number of rotatable bonds is 4. The standard InChI is InChI=1S/C25H28N6O4/c32-18-4-2-17(3-5-18)30-15-16-12-21(22(13-19(16)25(30)34)29-8-10-35-11-9-29)28-24(33)20-14-27-31-7-1-6-26-23(20)31/h1,6-7,12-14,17-18,32H,2-5,8-11,15H2,(H,28,33)/t17-,18-. The first-order valence-corrected chi connectivity index (χ1v) is 12.2. The summed E-state index contributed by atoms with van der Waals surface area (Å²) in [4.78, 5) is 35.1. The molecule has 2 aromatic heterocycles. The van der Waals surface area contributed by atoms with Crippen molar-refractivity contribution in [1.82, 2.24) is 19.5 Å². The van der Waals surface area contributed by atoms with Gasteiger partial charge < -0.3 is 25.0 Å². The highest BCUT2D eigenvalue weighted by Crippen LogP contribution is 2.37. The number of nitrogens with zero attached hydrogens (tertiary/aromatic N) is 5. The van der Waals surface area contributed by atoms with Crippen molar-refractivity contribution in [3.05, 3.63) is 53.5 Å². The zero-order chi connectivity index (χ0) is 23.9. The van der Waals surface area contributed by atoms with E-state index in [4.69, 9.17) is 4.74 Å². The Morgan fingerprint density at radius 1 is 1.14 bits per heavy atom. The summed E-state index contributed by atoms with van der Waals surface area (Å²) < 4.78 is 7.09. The molecule has 3 aliphatic rings. The number of aliphatic hydroxyl groups excluding tert-OH is 1. The number of fused-ring (bicyclic) bond motifs is 2. The minimum Gasteiger partial charge on any atom is -0.393 e. The van der Waals surface area contributed by atoms with E-state index in [0.29, 0.717) is 55.3 Å². The van der Waals surface area contributed by atoms with E-state index in [0.717, 1.165) is 36.9 Å². The van der Waals surface area contributed by atoms with Crippen LogP contribution >= 0.6 is 0 Å². The number of hydrogen-bond acceptors (Lipinski definition) is 7. The van der Waals surface area contributed by atoms with Crippen molar-refractivity contribution < 1.29 is 19.4 Å². The number of ether oxygens (including phenoxy) is 1. The third-order valence-electron chi connectivity index (χ3n) is 7.28. The fourth-order valence-corrected chi connectivity index (χ4v) is 5.38. The molecule has 0 bridgehead atoms. The van der Waals surface area contributed by atoms with Crippen LogP contribution in [0.2, 0.25) is 0 Å². The van der Waals surface area contributed by atoms with Gasteiger partial charge in [0.25, 0.3) is 11.8 Å². The van der Waals surface area contributed by atoms with Gasteiger partial charge in [0.05, 0.1) is 36.9 Å². The van der Waals surface area contributed by atoms with Crippen LogP contribution in [-0.4, -0.2) is 74.9 Å². The number of hydrogen-bond donors (Lipinski definition) is 2. The maximum absolute atomic E-state index is 13.4. The third-order valence-corrected chi connectivity index (χ3v) is 7.28. The van der Waals surface area contributed by atoms with Gasteiger partial charge in [-0.1, -0.05) is 0 Å². The Balaban J connectivity index is 1.33. The number of carbonyl (C=O) groups is 2. The summed E-state index contributed by atoms with van der Waals surface area (Å²) in [6.45, 7) is 3.05. The smallest absolute Gasteiger partial charge is 0.261 e. The van der Waals surface area contributed by atoms with Crippen LogP contribution in [0.4, 0.5) is 11.4 Å². The van der Waals surface area contributed by atoms with Crippen LogP contribution in [0.15, 0.2) is 36.8 Å². The number of morpholine rings is 1. The predicted molar refractivity (Wildman–Crippen MR) is 129 cm³/mol. The van der Waals surface area contributed by atoms with Gasteiger partial charge in [-0.15, -0.1) is 0 Å². The highest BCUT2D eigenvalue weighted by molar-refractivity contribution is 6.10. The first kappa shape index (κ1) is 22.0. The summed E-state index contributed by atoms with van der Waals surface area (Å²) in [5.74, 6) is -0.267. The van der Waals surface area contributed by atoms with Crippen LogP contribution in [0.25, 0.3) is 5.65 Å². The normalized spacial score (nSPS) is 22.5. The molecule has 1 saturated heterocycles. The maximum Gasteiger partial charge on any atom is 0.261 e. The Morgan fingerprint density at radius 3 is 2.74 bits per heavy atom.